The second-order valence-corrected chi connectivity index (χ2v) is 14.0. The largest absolute Gasteiger partial charge is 0.456 e. The van der Waals surface area contributed by atoms with Crippen molar-refractivity contribution in [2.24, 2.45) is 0 Å². The van der Waals surface area contributed by atoms with Crippen LogP contribution in [0.5, 0.6) is 0 Å². The van der Waals surface area contributed by atoms with Crippen LogP contribution in [-0.2, 0) is 0 Å². The molecular weight excluding hydrogens is 633 g/mol. The maximum absolute atomic E-state index is 6.30. The van der Waals surface area contributed by atoms with Gasteiger partial charge in [-0.3, -0.25) is 0 Å². The van der Waals surface area contributed by atoms with E-state index in [9.17, 15) is 0 Å². The summed E-state index contributed by atoms with van der Waals surface area (Å²) in [5.74, 6) is 0. The molecule has 0 bridgehead atoms. The first-order chi connectivity index (χ1) is 25.7. The molecule has 0 aliphatic carbocycles. The average Bonchev–Trinajstić information content (AvgIpc) is 3.76. The van der Waals surface area contributed by atoms with Crippen molar-refractivity contribution < 1.29 is 8.83 Å². The summed E-state index contributed by atoms with van der Waals surface area (Å²) in [6.07, 6.45) is 0. The van der Waals surface area contributed by atoms with E-state index in [2.05, 4.69) is 152 Å². The van der Waals surface area contributed by atoms with Crippen molar-refractivity contribution in [3.05, 3.63) is 170 Å². The fourth-order valence-corrected chi connectivity index (χ4v) is 8.69. The monoisotopic (exact) mass is 660 g/mol. The third-order valence-electron chi connectivity index (χ3n) is 11.2. The summed E-state index contributed by atoms with van der Waals surface area (Å²) < 4.78 is 12.4. The SMILES string of the molecule is c1ccc2c(c1)oc1cc3oc4ccc(-c5ccc6c(ccc7cc(-c8ccc9c%10ccccc%10c%10ccccc%10c9c8)ccc76)c5)cc4c3cc12. The van der Waals surface area contributed by atoms with Gasteiger partial charge in [0, 0.05) is 27.6 Å². The Balaban J connectivity index is 0.949. The summed E-state index contributed by atoms with van der Waals surface area (Å²) in [6.45, 7) is 0. The molecule has 2 heterocycles. The molecule has 0 unspecified atom stereocenters. The van der Waals surface area contributed by atoms with Crippen molar-refractivity contribution in [2.75, 3.05) is 0 Å². The molecule has 2 aromatic heterocycles. The molecule has 0 N–H and O–H groups in total. The van der Waals surface area contributed by atoms with Gasteiger partial charge in [0.2, 0.25) is 0 Å². The molecular formula is C50H28O2. The Labute approximate surface area is 297 Å². The highest BCUT2D eigenvalue weighted by molar-refractivity contribution is 6.26. The molecule has 0 aliphatic rings. The van der Waals surface area contributed by atoms with E-state index in [0.29, 0.717) is 0 Å². The second-order valence-electron chi connectivity index (χ2n) is 14.0. The topological polar surface area (TPSA) is 26.3 Å². The summed E-state index contributed by atoms with van der Waals surface area (Å²) >= 11 is 0. The predicted octanol–water partition coefficient (Wildman–Crippen LogP) is 14.6. The highest BCUT2D eigenvalue weighted by Gasteiger charge is 2.15. The van der Waals surface area contributed by atoms with Crippen LogP contribution in [0.4, 0.5) is 0 Å². The lowest BCUT2D eigenvalue weighted by molar-refractivity contribution is 0.656. The molecule has 12 aromatic rings. The standard InChI is InChI=1S/C50H28O2/c1-2-9-39-37(7-1)38-8-3-4-10-40(38)43-25-31(17-21-41(39)43)29-15-19-35-33(23-29)13-14-34-24-30(16-20-36(34)35)32-18-22-48-44(26-32)46-27-45-42-11-5-6-12-47(42)51-49(45)28-50(46)52-48/h1-28H. The van der Waals surface area contributed by atoms with Crippen LogP contribution in [0.3, 0.4) is 0 Å². The van der Waals surface area contributed by atoms with Crippen LogP contribution in [0.1, 0.15) is 0 Å². The number of hydrogen-bond acceptors (Lipinski definition) is 2. The summed E-state index contributed by atoms with van der Waals surface area (Å²) in [6, 6.07) is 61.7. The van der Waals surface area contributed by atoms with Crippen molar-refractivity contribution in [1.82, 2.24) is 0 Å². The van der Waals surface area contributed by atoms with Crippen molar-refractivity contribution in [3.63, 3.8) is 0 Å². The van der Waals surface area contributed by atoms with Gasteiger partial charge in [-0.05, 0) is 119 Å². The van der Waals surface area contributed by atoms with Crippen molar-refractivity contribution >= 4 is 97.7 Å². The number of furan rings is 2. The van der Waals surface area contributed by atoms with E-state index < -0.39 is 0 Å². The molecule has 0 saturated heterocycles. The Morgan fingerprint density at radius 3 is 1.23 bits per heavy atom. The molecule has 240 valence electrons. The lowest BCUT2D eigenvalue weighted by atomic mass is 9.91. The Bertz CT molecular complexity index is 3430. The lowest BCUT2D eigenvalue weighted by Crippen LogP contribution is -1.86. The smallest absolute Gasteiger partial charge is 0.139 e. The van der Waals surface area contributed by atoms with Crippen LogP contribution in [-0.4, -0.2) is 0 Å². The fraction of sp³-hybridized carbons (Fsp3) is 0. The van der Waals surface area contributed by atoms with Crippen LogP contribution >= 0.6 is 0 Å². The highest BCUT2D eigenvalue weighted by atomic mass is 16.3. The molecule has 0 amide bonds. The van der Waals surface area contributed by atoms with E-state index >= 15 is 0 Å². The van der Waals surface area contributed by atoms with Crippen LogP contribution < -0.4 is 0 Å². The molecule has 0 atom stereocenters. The molecule has 52 heavy (non-hydrogen) atoms. The van der Waals surface area contributed by atoms with E-state index in [0.717, 1.165) is 43.9 Å². The van der Waals surface area contributed by atoms with E-state index in [1.807, 2.05) is 18.2 Å². The van der Waals surface area contributed by atoms with Gasteiger partial charge < -0.3 is 8.83 Å². The summed E-state index contributed by atoms with van der Waals surface area (Å²) in [5, 5.41) is 17.2. The zero-order valence-corrected chi connectivity index (χ0v) is 28.0. The zero-order valence-electron chi connectivity index (χ0n) is 28.0. The Hall–Kier alpha value is -6.90. The van der Waals surface area contributed by atoms with Gasteiger partial charge in [0.15, 0.2) is 0 Å². The van der Waals surface area contributed by atoms with Gasteiger partial charge in [0.05, 0.1) is 0 Å². The number of para-hydroxylation sites is 1. The maximum Gasteiger partial charge on any atom is 0.139 e. The van der Waals surface area contributed by atoms with Gasteiger partial charge in [-0.1, -0.05) is 121 Å². The number of hydrogen-bond donors (Lipinski definition) is 0. The van der Waals surface area contributed by atoms with Gasteiger partial charge in [-0.25, -0.2) is 0 Å². The minimum Gasteiger partial charge on any atom is -0.456 e. The van der Waals surface area contributed by atoms with E-state index in [1.165, 1.54) is 76.1 Å². The van der Waals surface area contributed by atoms with Crippen LogP contribution in [0.25, 0.3) is 120 Å². The van der Waals surface area contributed by atoms with Gasteiger partial charge in [0.1, 0.15) is 22.3 Å². The fourth-order valence-electron chi connectivity index (χ4n) is 8.69. The average molecular weight is 661 g/mol. The third-order valence-corrected chi connectivity index (χ3v) is 11.2. The molecule has 10 aromatic carbocycles. The first-order valence-corrected chi connectivity index (χ1v) is 17.8. The van der Waals surface area contributed by atoms with Crippen molar-refractivity contribution in [1.29, 1.82) is 0 Å². The van der Waals surface area contributed by atoms with Gasteiger partial charge >= 0.3 is 0 Å². The van der Waals surface area contributed by atoms with Crippen LogP contribution in [0.15, 0.2) is 179 Å². The van der Waals surface area contributed by atoms with Gasteiger partial charge in [-0.2, -0.15) is 0 Å². The normalized spacial score (nSPS) is 12.2. The summed E-state index contributed by atoms with van der Waals surface area (Å²) in [4.78, 5) is 0. The third kappa shape index (κ3) is 3.95. The number of fused-ring (bicyclic) bond motifs is 15. The van der Waals surface area contributed by atoms with Gasteiger partial charge in [-0.15, -0.1) is 0 Å². The maximum atomic E-state index is 6.30. The molecule has 0 spiro atoms. The predicted molar refractivity (Wildman–Crippen MR) is 219 cm³/mol. The highest BCUT2D eigenvalue weighted by Crippen LogP contribution is 2.40. The molecule has 12 rings (SSSR count). The first-order valence-electron chi connectivity index (χ1n) is 17.8. The van der Waals surface area contributed by atoms with E-state index in [-0.39, 0.29) is 0 Å². The van der Waals surface area contributed by atoms with Crippen LogP contribution in [0, 0.1) is 0 Å². The first kappa shape index (κ1) is 27.9. The van der Waals surface area contributed by atoms with E-state index in [1.54, 1.807) is 0 Å². The number of rotatable bonds is 2. The molecule has 2 heteroatoms. The van der Waals surface area contributed by atoms with Crippen LogP contribution in [0.2, 0.25) is 0 Å². The number of benzene rings is 10. The van der Waals surface area contributed by atoms with Crippen molar-refractivity contribution in [2.45, 2.75) is 0 Å². The molecule has 0 radical (unpaired) electrons. The minimum atomic E-state index is 0.841. The zero-order chi connectivity index (χ0) is 33.9. The minimum absolute atomic E-state index is 0.841. The van der Waals surface area contributed by atoms with Crippen molar-refractivity contribution in [3.8, 4) is 22.3 Å². The van der Waals surface area contributed by atoms with Gasteiger partial charge in [0.25, 0.3) is 0 Å². The molecule has 0 saturated carbocycles. The lowest BCUT2D eigenvalue weighted by Gasteiger charge is -2.13. The summed E-state index contributed by atoms with van der Waals surface area (Å²) in [7, 11) is 0. The Morgan fingerprint density at radius 1 is 0.212 bits per heavy atom. The Morgan fingerprint density at radius 2 is 0.615 bits per heavy atom. The second kappa shape index (κ2) is 10.3. The molecule has 0 aliphatic heterocycles. The molecule has 2 nitrogen and oxygen atoms in total. The molecule has 0 fully saturated rings. The quantitative estimate of drug-likeness (QED) is 0.173. The summed E-state index contributed by atoms with van der Waals surface area (Å²) in [5.41, 5.74) is 8.28. The Kier molecular flexibility index (Phi) is 5.53. The van der Waals surface area contributed by atoms with E-state index in [4.69, 9.17) is 8.83 Å².